The van der Waals surface area contributed by atoms with Crippen molar-refractivity contribution in [3.05, 3.63) is 0 Å². The molecule has 3 unspecified atom stereocenters. The summed E-state index contributed by atoms with van der Waals surface area (Å²) in [5.74, 6) is 0.0677. The fourth-order valence-corrected chi connectivity index (χ4v) is 12.1. The van der Waals surface area contributed by atoms with Gasteiger partial charge >= 0.3 is 35.8 Å². The van der Waals surface area contributed by atoms with Crippen LogP contribution in [0.4, 0.5) is 0 Å². The van der Waals surface area contributed by atoms with E-state index in [0.717, 1.165) is 141 Å². The molecule has 6 aliphatic rings. The molecule has 0 spiro atoms. The fraction of sp³-hybridized carbons (Fsp3) is 0.932. The first kappa shape index (κ1) is 124. The Morgan fingerprint density at radius 3 is 0.650 bits per heavy atom. The normalized spacial score (nSPS) is 18.8. The van der Waals surface area contributed by atoms with Gasteiger partial charge in [-0.2, -0.15) is 0 Å². The molecular weight excluding hydrogens is 1250 g/mol. The van der Waals surface area contributed by atoms with Gasteiger partial charge in [-0.15, -0.1) is 0 Å². The van der Waals surface area contributed by atoms with Gasteiger partial charge in [0.15, 0.2) is 0 Å². The van der Waals surface area contributed by atoms with Crippen LogP contribution < -0.4 is 0 Å². The number of hydrogen-bond donors (Lipinski definition) is 0. The summed E-state index contributed by atoms with van der Waals surface area (Å²) in [6, 6.07) is 0. The molecule has 0 aromatic carbocycles. The van der Waals surface area contributed by atoms with Crippen molar-refractivity contribution < 1.29 is 57.2 Å². The van der Waals surface area contributed by atoms with Gasteiger partial charge in [-0.25, -0.2) is 0 Å². The molecule has 6 aliphatic carbocycles. The van der Waals surface area contributed by atoms with Crippen LogP contribution in [-0.2, 0) is 57.2 Å². The Kier molecular flexibility index (Phi) is 72.9. The Morgan fingerprint density at radius 2 is 0.440 bits per heavy atom. The number of rotatable bonds is 22. The van der Waals surface area contributed by atoms with Crippen LogP contribution in [0, 0.1) is 34.0 Å². The zero-order chi connectivity index (χ0) is 67.1. The standard InChI is InChI=1S/C14H26O2.3C13H24O2.C12H22O2.C11H20O2.12CH4/c1-5-13(3,4)12(15)16-14(6-2)10-8-7-9-11-14;1-5-12(2,3)11(14)15-13(4)9-7-6-8-10-13;1-5-12(3,4)11(14)15-13(6-2)9-7-8-10-13;1-4-11(3)12(14)15-13(5-2)9-7-6-8-10-13;1-4-10(3)11(13)14-12(5-2)8-6-7-9-12;1-4-9(2)10(12)13-11(3)7-5-6-8-11;;;;;;;;;;;;/h5-11H2,1-4H3;2*5-10H2,1-4H3;11H,4-10H2,1-3H3;10H,4-9H2,1-3H3;9H,4-8H2,1-3H3;12*1H4. The lowest BCUT2D eigenvalue weighted by Crippen LogP contribution is -2.40. The molecule has 612 valence electrons. The van der Waals surface area contributed by atoms with Gasteiger partial charge in [0.1, 0.15) is 33.6 Å². The molecule has 100 heavy (non-hydrogen) atoms. The van der Waals surface area contributed by atoms with Crippen LogP contribution in [-0.4, -0.2) is 69.4 Å². The summed E-state index contributed by atoms with van der Waals surface area (Å²) in [7, 11) is 0. The van der Waals surface area contributed by atoms with Crippen molar-refractivity contribution in [2.45, 2.75) is 506 Å². The van der Waals surface area contributed by atoms with Crippen molar-refractivity contribution in [2.75, 3.05) is 0 Å². The van der Waals surface area contributed by atoms with Crippen LogP contribution in [0.1, 0.15) is 472 Å². The average molecular weight is 1440 g/mol. The van der Waals surface area contributed by atoms with Crippen molar-refractivity contribution in [1.29, 1.82) is 0 Å². The van der Waals surface area contributed by atoms with E-state index in [4.69, 9.17) is 28.4 Å². The van der Waals surface area contributed by atoms with Crippen molar-refractivity contribution in [1.82, 2.24) is 0 Å². The Hall–Kier alpha value is -3.18. The largest absolute Gasteiger partial charge is 0.459 e. The molecule has 0 bridgehead atoms. The monoisotopic (exact) mass is 1440 g/mol. The van der Waals surface area contributed by atoms with Crippen LogP contribution in [0.2, 0.25) is 0 Å². The second-order valence-electron chi connectivity index (χ2n) is 30.4. The van der Waals surface area contributed by atoms with E-state index in [1.165, 1.54) is 96.3 Å². The quantitative estimate of drug-likeness (QED) is 0.0747. The first-order valence-electron chi connectivity index (χ1n) is 36.5. The lowest BCUT2D eigenvalue weighted by molar-refractivity contribution is -0.175. The van der Waals surface area contributed by atoms with Gasteiger partial charge in [-0.05, 0) is 274 Å². The van der Waals surface area contributed by atoms with E-state index in [1.807, 2.05) is 104 Å². The van der Waals surface area contributed by atoms with Crippen LogP contribution in [0.5, 0.6) is 0 Å². The zero-order valence-electron chi connectivity index (χ0n) is 61.3. The van der Waals surface area contributed by atoms with Crippen molar-refractivity contribution >= 4 is 35.8 Å². The molecule has 0 N–H and O–H groups in total. The maximum Gasteiger partial charge on any atom is 0.312 e. The van der Waals surface area contributed by atoms with E-state index in [0.29, 0.717) is 0 Å². The van der Waals surface area contributed by atoms with E-state index in [9.17, 15) is 28.8 Å². The summed E-state index contributed by atoms with van der Waals surface area (Å²) >= 11 is 0. The highest BCUT2D eigenvalue weighted by atomic mass is 16.6. The van der Waals surface area contributed by atoms with Gasteiger partial charge in [0.05, 0.1) is 34.0 Å². The van der Waals surface area contributed by atoms with Crippen molar-refractivity contribution in [3.8, 4) is 0 Å². The van der Waals surface area contributed by atoms with Crippen LogP contribution in [0.3, 0.4) is 0 Å². The number of ether oxygens (including phenoxy) is 6. The number of hydrogen-bond acceptors (Lipinski definition) is 12. The molecule has 0 amide bonds. The van der Waals surface area contributed by atoms with Gasteiger partial charge < -0.3 is 28.4 Å². The third-order valence-electron chi connectivity index (χ3n) is 22.0. The fourth-order valence-electron chi connectivity index (χ4n) is 12.1. The summed E-state index contributed by atoms with van der Waals surface area (Å²) < 4.78 is 34.2. The zero-order valence-corrected chi connectivity index (χ0v) is 61.3. The van der Waals surface area contributed by atoms with Crippen LogP contribution >= 0.6 is 0 Å². The molecule has 0 heterocycles. The minimum absolute atomic E-state index is 0. The maximum absolute atomic E-state index is 12.1. The van der Waals surface area contributed by atoms with Crippen molar-refractivity contribution in [3.63, 3.8) is 0 Å². The van der Waals surface area contributed by atoms with Gasteiger partial charge in [0.25, 0.3) is 0 Å². The number of esters is 6. The molecule has 6 saturated carbocycles. The molecule has 0 aromatic heterocycles. The molecule has 6 fully saturated rings. The number of carbonyl (C=O) groups is 6. The van der Waals surface area contributed by atoms with E-state index in [1.54, 1.807) is 0 Å². The highest BCUT2D eigenvalue weighted by Crippen LogP contribution is 2.41. The Labute approximate surface area is 629 Å². The molecule has 0 aromatic rings. The molecule has 6 rings (SSSR count). The summed E-state index contributed by atoms with van der Waals surface area (Å²) in [4.78, 5) is 71.0. The third-order valence-corrected chi connectivity index (χ3v) is 22.0. The molecule has 0 aliphatic heterocycles. The highest BCUT2D eigenvalue weighted by molar-refractivity contribution is 5.77. The van der Waals surface area contributed by atoms with Crippen LogP contribution in [0.25, 0.3) is 0 Å². The van der Waals surface area contributed by atoms with Gasteiger partial charge in [-0.3, -0.25) is 28.8 Å². The first-order valence-corrected chi connectivity index (χ1v) is 36.5. The van der Waals surface area contributed by atoms with E-state index in [-0.39, 0.29) is 193 Å². The van der Waals surface area contributed by atoms with E-state index in [2.05, 4.69) is 41.5 Å². The van der Waals surface area contributed by atoms with E-state index < -0.39 is 0 Å². The summed E-state index contributed by atoms with van der Waals surface area (Å²) in [6.45, 7) is 42.5. The van der Waals surface area contributed by atoms with Gasteiger partial charge in [-0.1, -0.05) is 198 Å². The molecule has 0 radical (unpaired) electrons. The molecular formula is C88H188O12. The highest BCUT2D eigenvalue weighted by Gasteiger charge is 2.42. The van der Waals surface area contributed by atoms with Crippen LogP contribution in [0.15, 0.2) is 0 Å². The summed E-state index contributed by atoms with van der Waals surface area (Å²) in [5, 5.41) is 0. The second kappa shape index (κ2) is 59.0. The molecule has 3 atom stereocenters. The van der Waals surface area contributed by atoms with Gasteiger partial charge in [0, 0.05) is 0 Å². The SMILES string of the molecule is C.C.C.C.C.C.C.C.C.C.C.C.CCC(C)(C)C(=O)OC1(C)CCCCC1.CCC(C)C(=O)OC1(C)CCCC1.CCC(C)C(=O)OC1(CC)CCCC1.CCC(C)C(=O)OC1(CC)CCCCC1.CCC1(OC(=O)C(C)(C)CC)CCCC1.CCC1(OC(=O)C(C)(C)CC)CCCCC1. The second-order valence-corrected chi connectivity index (χ2v) is 30.4. The topological polar surface area (TPSA) is 158 Å². The van der Waals surface area contributed by atoms with Gasteiger partial charge in [0.2, 0.25) is 0 Å². The minimum atomic E-state index is -0.334. The minimum Gasteiger partial charge on any atom is -0.459 e. The number of carbonyl (C=O) groups excluding carboxylic acids is 6. The first-order chi connectivity index (χ1) is 41.1. The predicted octanol–water partition coefficient (Wildman–Crippen LogP) is 29.0. The third kappa shape index (κ3) is 42.1. The average Bonchev–Trinajstić information content (AvgIpc) is 0.902. The predicted molar refractivity (Wildman–Crippen MR) is 441 cm³/mol. The van der Waals surface area contributed by atoms with Crippen molar-refractivity contribution in [2.24, 2.45) is 34.0 Å². The molecule has 12 nitrogen and oxygen atoms in total. The lowest BCUT2D eigenvalue weighted by atomic mass is 9.82. The Morgan fingerprint density at radius 1 is 0.270 bits per heavy atom. The summed E-state index contributed by atoms with van der Waals surface area (Å²) in [6.07, 6.45) is 39.8. The lowest BCUT2D eigenvalue weighted by Gasteiger charge is -2.38. The maximum atomic E-state index is 12.1. The van der Waals surface area contributed by atoms with E-state index >= 15 is 0 Å². The summed E-state index contributed by atoms with van der Waals surface area (Å²) in [5.41, 5.74) is -1.86. The molecule has 12 heteroatoms. The Balaban J connectivity index is -0.0000000908. The molecule has 0 saturated heterocycles. The Bertz CT molecular complexity index is 2000. The smallest absolute Gasteiger partial charge is 0.312 e.